The van der Waals surface area contributed by atoms with Crippen LogP contribution in [0.5, 0.6) is 0 Å². The fourth-order valence-corrected chi connectivity index (χ4v) is 7.83. The highest BCUT2D eigenvalue weighted by Crippen LogP contribution is 2.74. The Hall–Kier alpha value is -1.71. The monoisotopic (exact) mass is 502 g/mol. The van der Waals surface area contributed by atoms with Gasteiger partial charge in [-0.3, -0.25) is 9.10 Å². The number of hydrogen-bond acceptors (Lipinski definition) is 6. The number of amides is 1. The number of thioether (sulfide) groups is 1. The zero-order valence-electron chi connectivity index (χ0n) is 20.2. The molecule has 0 saturated carbocycles. The largest absolute Gasteiger partial charge is 0.381 e. The van der Waals surface area contributed by atoms with E-state index >= 15 is 0 Å². The van der Waals surface area contributed by atoms with Gasteiger partial charge < -0.3 is 9.64 Å². The summed E-state index contributed by atoms with van der Waals surface area (Å²) in [6.07, 6.45) is 3.04. The molecule has 6 nitrogen and oxygen atoms in total. The summed E-state index contributed by atoms with van der Waals surface area (Å²) in [5.41, 5.74) is 3.43. The summed E-state index contributed by atoms with van der Waals surface area (Å²) in [5, 5.41) is 0. The van der Waals surface area contributed by atoms with E-state index in [2.05, 4.69) is 67.5 Å². The second-order valence-electron chi connectivity index (χ2n) is 9.56. The molecule has 3 aliphatic rings. The Balaban J connectivity index is 1.44. The Kier molecular flexibility index (Phi) is 7.14. The van der Waals surface area contributed by atoms with Crippen molar-refractivity contribution in [2.75, 3.05) is 41.3 Å². The van der Waals surface area contributed by atoms with E-state index in [0.29, 0.717) is 17.6 Å². The van der Waals surface area contributed by atoms with Gasteiger partial charge in [0.25, 0.3) is 0 Å². The van der Waals surface area contributed by atoms with Crippen LogP contribution in [0.1, 0.15) is 39.2 Å². The van der Waals surface area contributed by atoms with Crippen LogP contribution in [-0.2, 0) is 24.6 Å². The molecule has 0 atom stereocenters. The first-order valence-electron chi connectivity index (χ1n) is 12.2. The number of rotatable bonds is 8. The third kappa shape index (κ3) is 4.84. The summed E-state index contributed by atoms with van der Waals surface area (Å²) >= 11 is 1.61. The van der Waals surface area contributed by atoms with Crippen molar-refractivity contribution in [1.29, 1.82) is 0 Å². The first-order valence-corrected chi connectivity index (χ1v) is 14.7. The van der Waals surface area contributed by atoms with Crippen molar-refractivity contribution < 1.29 is 18.2 Å². The minimum atomic E-state index is -2.01. The van der Waals surface area contributed by atoms with E-state index in [-0.39, 0.29) is 5.91 Å². The van der Waals surface area contributed by atoms with E-state index in [1.807, 2.05) is 4.90 Å². The van der Waals surface area contributed by atoms with Gasteiger partial charge in [0, 0.05) is 31.2 Å². The lowest BCUT2D eigenvalue weighted by molar-refractivity contribution is -0.116. The van der Waals surface area contributed by atoms with Gasteiger partial charge in [-0.15, -0.1) is 11.8 Å². The zero-order chi connectivity index (χ0) is 23.7. The second kappa shape index (κ2) is 10.1. The molecule has 34 heavy (non-hydrogen) atoms. The summed E-state index contributed by atoms with van der Waals surface area (Å²) in [6, 6.07) is 15.1. The lowest BCUT2D eigenvalue weighted by Gasteiger charge is -2.36. The molecule has 3 aliphatic heterocycles. The molecular weight excluding hydrogens is 468 g/mol. The van der Waals surface area contributed by atoms with Gasteiger partial charge in [0.15, 0.2) is 0 Å². The topological polar surface area (TPSA) is 57.8 Å². The number of nitrogens with zero attached hydrogens (tertiary/aromatic N) is 2. The fourth-order valence-electron chi connectivity index (χ4n) is 4.61. The lowest BCUT2D eigenvalue weighted by atomic mass is 9.99. The Morgan fingerprint density at radius 2 is 1.85 bits per heavy atom. The van der Waals surface area contributed by atoms with Crippen LogP contribution in [0.2, 0.25) is 0 Å². The molecule has 3 heterocycles. The van der Waals surface area contributed by atoms with E-state index in [0.717, 1.165) is 66.7 Å². The number of hydrogen-bond donors (Lipinski definition) is 0. The van der Waals surface area contributed by atoms with Crippen LogP contribution in [0.25, 0.3) is 0 Å². The minimum Gasteiger partial charge on any atom is -0.381 e. The molecule has 0 spiro atoms. The van der Waals surface area contributed by atoms with E-state index in [4.69, 9.17) is 13.4 Å². The van der Waals surface area contributed by atoms with Gasteiger partial charge in [0.1, 0.15) is 0 Å². The average molecular weight is 503 g/mol. The molecule has 0 unspecified atom stereocenters. The number of carbonyl (C=O) groups is 1. The van der Waals surface area contributed by atoms with Crippen molar-refractivity contribution in [2.45, 2.75) is 49.8 Å². The standard InChI is InChI=1S/C26H34N2O4S2/c1-4-20-5-7-22(8-6-20)28(16-19(2)3)34(31-32-34)23-9-10-24-25(15-23)33-18-26(29)27(24)17-21-11-13-30-14-12-21/h5-10,15,19,21H,4,11-14,16-18H2,1-3H3. The van der Waals surface area contributed by atoms with E-state index in [1.165, 1.54) is 5.56 Å². The highest BCUT2D eigenvalue weighted by atomic mass is 32.3. The molecule has 184 valence electrons. The zero-order valence-corrected chi connectivity index (χ0v) is 21.8. The van der Waals surface area contributed by atoms with Gasteiger partial charge in [-0.05, 0) is 77.8 Å². The third-order valence-electron chi connectivity index (χ3n) is 6.60. The van der Waals surface area contributed by atoms with Crippen molar-refractivity contribution >= 4 is 39.8 Å². The fraction of sp³-hybridized carbons (Fsp3) is 0.500. The molecule has 0 N–H and O–H groups in total. The Morgan fingerprint density at radius 3 is 2.50 bits per heavy atom. The number of anilines is 2. The van der Waals surface area contributed by atoms with Crippen LogP contribution in [0.4, 0.5) is 11.4 Å². The SMILES string of the molecule is CCc1ccc(N(CC(C)C)S2(c3ccc4c(c3)SCC(=O)N4CC3CCOCC3)OO2)cc1. The smallest absolute Gasteiger partial charge is 0.237 e. The lowest BCUT2D eigenvalue weighted by Crippen LogP contribution is -2.40. The molecular formula is C26H34N2O4S2. The predicted molar refractivity (Wildman–Crippen MR) is 139 cm³/mol. The molecule has 0 aliphatic carbocycles. The summed E-state index contributed by atoms with van der Waals surface area (Å²) in [5.74, 6) is 1.60. The van der Waals surface area contributed by atoms with E-state index in [9.17, 15) is 4.79 Å². The summed E-state index contributed by atoms with van der Waals surface area (Å²) in [4.78, 5) is 17.0. The number of ether oxygens (including phenoxy) is 1. The maximum absolute atomic E-state index is 12.8. The maximum atomic E-state index is 12.8. The first kappa shape index (κ1) is 24.0. The third-order valence-corrected chi connectivity index (χ3v) is 9.82. The molecule has 5 rings (SSSR count). The molecule has 2 aromatic carbocycles. The molecule has 0 bridgehead atoms. The normalized spacial score (nSPS) is 20.8. The number of benzene rings is 2. The van der Waals surface area contributed by atoms with Gasteiger partial charge in [0.2, 0.25) is 5.91 Å². The molecule has 8 heteroatoms. The minimum absolute atomic E-state index is 0.190. The molecule has 2 saturated heterocycles. The highest BCUT2D eigenvalue weighted by Gasteiger charge is 2.48. The number of carbonyl (C=O) groups excluding carboxylic acids is 1. The summed E-state index contributed by atoms with van der Waals surface area (Å²) in [7, 11) is -2.01. The Morgan fingerprint density at radius 1 is 1.12 bits per heavy atom. The Labute approximate surface area is 208 Å². The summed E-state index contributed by atoms with van der Waals surface area (Å²) < 4.78 is 19.4. The highest BCUT2D eigenvalue weighted by molar-refractivity contribution is 8.30. The molecule has 2 fully saturated rings. The predicted octanol–water partition coefficient (Wildman–Crippen LogP) is 6.15. The van der Waals surface area contributed by atoms with Crippen LogP contribution in [-0.4, -0.2) is 38.0 Å². The van der Waals surface area contributed by atoms with Crippen molar-refractivity contribution in [2.24, 2.45) is 11.8 Å². The maximum Gasteiger partial charge on any atom is 0.237 e. The molecule has 1 amide bonds. The van der Waals surface area contributed by atoms with Crippen LogP contribution in [0.15, 0.2) is 52.3 Å². The van der Waals surface area contributed by atoms with Gasteiger partial charge in [-0.25, -0.2) is 0 Å². The Bertz CT molecular complexity index is 1020. The van der Waals surface area contributed by atoms with E-state index < -0.39 is 10.8 Å². The van der Waals surface area contributed by atoms with Crippen molar-refractivity contribution in [1.82, 2.24) is 0 Å². The van der Waals surface area contributed by atoms with Crippen molar-refractivity contribution in [3.63, 3.8) is 0 Å². The van der Waals surface area contributed by atoms with Crippen LogP contribution in [0.3, 0.4) is 0 Å². The van der Waals surface area contributed by atoms with Gasteiger partial charge in [-0.1, -0.05) is 41.6 Å². The molecule has 2 aromatic rings. The van der Waals surface area contributed by atoms with Crippen LogP contribution < -0.4 is 9.21 Å². The molecule has 0 aromatic heterocycles. The quantitative estimate of drug-likeness (QED) is 0.319. The van der Waals surface area contributed by atoms with Gasteiger partial charge in [0.05, 0.1) is 22.0 Å². The van der Waals surface area contributed by atoms with Crippen LogP contribution in [0, 0.1) is 11.8 Å². The van der Waals surface area contributed by atoms with Crippen LogP contribution >= 0.6 is 22.5 Å². The number of aryl methyl sites for hydroxylation is 1. The number of fused-ring (bicyclic) bond motifs is 1. The first-order chi connectivity index (χ1) is 16.5. The molecule has 0 radical (unpaired) electrons. The van der Waals surface area contributed by atoms with Gasteiger partial charge >= 0.3 is 0 Å². The van der Waals surface area contributed by atoms with Crippen molar-refractivity contribution in [3.8, 4) is 0 Å². The van der Waals surface area contributed by atoms with Gasteiger partial charge in [-0.2, -0.15) is 0 Å². The second-order valence-corrected chi connectivity index (χ2v) is 12.7. The van der Waals surface area contributed by atoms with Crippen molar-refractivity contribution in [3.05, 3.63) is 48.0 Å². The average Bonchev–Trinajstić information content (AvgIpc) is 3.66. The van der Waals surface area contributed by atoms with E-state index in [1.54, 1.807) is 11.8 Å². The summed E-state index contributed by atoms with van der Waals surface area (Å²) in [6.45, 7) is 9.78.